The van der Waals surface area contributed by atoms with Gasteiger partial charge in [-0.1, -0.05) is 6.07 Å². The normalized spacial score (nSPS) is 11.9. The molecule has 2 heterocycles. The highest BCUT2D eigenvalue weighted by atomic mass is 19.1. The van der Waals surface area contributed by atoms with E-state index in [0.29, 0.717) is 11.2 Å². The molecular formula is C21H17F2N3O. The molecule has 2 aromatic heterocycles. The summed E-state index contributed by atoms with van der Waals surface area (Å²) in [6, 6.07) is 11.4. The quantitative estimate of drug-likeness (QED) is 0.578. The molecule has 6 heteroatoms. The number of hydrogen-bond acceptors (Lipinski definition) is 3. The Kier molecular flexibility index (Phi) is 4.00. The zero-order chi connectivity index (χ0) is 19.2. The van der Waals surface area contributed by atoms with Crippen molar-refractivity contribution in [3.63, 3.8) is 0 Å². The Morgan fingerprint density at radius 3 is 2.52 bits per heavy atom. The van der Waals surface area contributed by atoms with Gasteiger partial charge in [-0.05, 0) is 55.8 Å². The van der Waals surface area contributed by atoms with Crippen molar-refractivity contribution in [2.45, 2.75) is 19.4 Å². The molecule has 4 nitrogen and oxygen atoms in total. The summed E-state index contributed by atoms with van der Waals surface area (Å²) in [4.78, 5) is 8.09. The van der Waals surface area contributed by atoms with Gasteiger partial charge in [0, 0.05) is 23.0 Å². The van der Waals surface area contributed by atoms with Crippen LogP contribution < -0.4 is 0 Å². The average Bonchev–Trinajstić information content (AvgIpc) is 3.05. The van der Waals surface area contributed by atoms with Crippen molar-refractivity contribution in [1.82, 2.24) is 14.5 Å². The van der Waals surface area contributed by atoms with Crippen LogP contribution in [0.5, 0.6) is 0 Å². The zero-order valence-electron chi connectivity index (χ0n) is 14.8. The van der Waals surface area contributed by atoms with Crippen LogP contribution in [0.2, 0.25) is 0 Å². The maximum absolute atomic E-state index is 14.3. The first kappa shape index (κ1) is 17.3. The Hall–Kier alpha value is -3.12. The van der Waals surface area contributed by atoms with Gasteiger partial charge in [-0.15, -0.1) is 0 Å². The molecule has 4 rings (SSSR count). The summed E-state index contributed by atoms with van der Waals surface area (Å²) < 4.78 is 30.2. The molecule has 0 saturated heterocycles. The fourth-order valence-corrected chi connectivity index (χ4v) is 3.06. The Morgan fingerprint density at radius 1 is 0.963 bits per heavy atom. The first-order valence-electron chi connectivity index (χ1n) is 8.44. The van der Waals surface area contributed by atoms with Crippen LogP contribution in [0.3, 0.4) is 0 Å². The molecule has 0 aliphatic heterocycles. The van der Waals surface area contributed by atoms with Gasteiger partial charge in [0.1, 0.15) is 18.0 Å². The predicted octanol–water partition coefficient (Wildman–Crippen LogP) is 4.59. The second-order valence-electron chi connectivity index (χ2n) is 6.90. The molecular weight excluding hydrogens is 348 g/mol. The molecule has 0 unspecified atom stereocenters. The molecule has 0 fully saturated rings. The Morgan fingerprint density at radius 2 is 1.78 bits per heavy atom. The van der Waals surface area contributed by atoms with Crippen molar-refractivity contribution in [3.05, 3.63) is 78.4 Å². The molecule has 2 aromatic carbocycles. The lowest BCUT2D eigenvalue weighted by Gasteiger charge is -2.17. The first-order chi connectivity index (χ1) is 12.8. The van der Waals surface area contributed by atoms with E-state index in [1.165, 1.54) is 18.3 Å². The summed E-state index contributed by atoms with van der Waals surface area (Å²) in [5.41, 5.74) is 2.24. The molecule has 0 spiro atoms. The lowest BCUT2D eigenvalue weighted by atomic mass is 9.98. The standard InChI is InChI=1S/C21H17F2N3O/c1-21(2,27)13-3-6-20-19(9-13)25-12-26(20)14-4-5-17(22)16(10-14)15-7-8-24-11-18(15)23/h3-12,27H,1-2H3. The molecule has 0 aliphatic rings. The molecule has 0 aliphatic carbocycles. The highest BCUT2D eigenvalue weighted by molar-refractivity contribution is 5.79. The van der Waals surface area contributed by atoms with E-state index >= 15 is 0 Å². The minimum Gasteiger partial charge on any atom is -0.386 e. The summed E-state index contributed by atoms with van der Waals surface area (Å²) in [5.74, 6) is -1.10. The van der Waals surface area contributed by atoms with E-state index in [0.717, 1.165) is 17.3 Å². The van der Waals surface area contributed by atoms with E-state index in [9.17, 15) is 13.9 Å². The maximum Gasteiger partial charge on any atom is 0.149 e. The van der Waals surface area contributed by atoms with Crippen LogP contribution in [0.4, 0.5) is 8.78 Å². The summed E-state index contributed by atoms with van der Waals surface area (Å²) >= 11 is 0. The van der Waals surface area contributed by atoms with Crippen molar-refractivity contribution in [2.75, 3.05) is 0 Å². The topological polar surface area (TPSA) is 50.9 Å². The van der Waals surface area contributed by atoms with Crippen LogP contribution in [0, 0.1) is 11.6 Å². The number of nitrogens with zero attached hydrogens (tertiary/aromatic N) is 3. The van der Waals surface area contributed by atoms with Gasteiger partial charge in [-0.2, -0.15) is 0 Å². The van der Waals surface area contributed by atoms with Crippen LogP contribution in [0.25, 0.3) is 27.8 Å². The van der Waals surface area contributed by atoms with Gasteiger partial charge in [0.05, 0.1) is 22.8 Å². The van der Waals surface area contributed by atoms with Crippen LogP contribution in [0.1, 0.15) is 19.4 Å². The number of benzene rings is 2. The van der Waals surface area contributed by atoms with Gasteiger partial charge in [-0.25, -0.2) is 13.8 Å². The fourth-order valence-electron chi connectivity index (χ4n) is 3.06. The summed E-state index contributed by atoms with van der Waals surface area (Å²) in [6.07, 6.45) is 4.11. The van der Waals surface area contributed by atoms with E-state index in [4.69, 9.17) is 0 Å². The minimum atomic E-state index is -0.972. The number of aliphatic hydroxyl groups is 1. The smallest absolute Gasteiger partial charge is 0.149 e. The molecule has 27 heavy (non-hydrogen) atoms. The lowest BCUT2D eigenvalue weighted by molar-refractivity contribution is 0.0787. The molecule has 4 aromatic rings. The van der Waals surface area contributed by atoms with Gasteiger partial charge < -0.3 is 5.11 Å². The Labute approximate surface area is 154 Å². The summed E-state index contributed by atoms with van der Waals surface area (Å²) in [6.45, 7) is 3.42. The van der Waals surface area contributed by atoms with Crippen molar-refractivity contribution in [2.24, 2.45) is 0 Å². The van der Waals surface area contributed by atoms with E-state index < -0.39 is 17.2 Å². The van der Waals surface area contributed by atoms with Gasteiger partial charge in [-0.3, -0.25) is 9.55 Å². The summed E-state index contributed by atoms with van der Waals surface area (Å²) in [7, 11) is 0. The van der Waals surface area contributed by atoms with Crippen LogP contribution in [-0.2, 0) is 5.60 Å². The lowest BCUT2D eigenvalue weighted by Crippen LogP contribution is -2.15. The van der Waals surface area contributed by atoms with E-state index in [1.807, 2.05) is 18.2 Å². The third-order valence-corrected chi connectivity index (χ3v) is 4.54. The highest BCUT2D eigenvalue weighted by Gasteiger charge is 2.18. The average molecular weight is 365 g/mol. The molecule has 0 saturated carbocycles. The van der Waals surface area contributed by atoms with Crippen molar-refractivity contribution < 1.29 is 13.9 Å². The predicted molar refractivity (Wildman–Crippen MR) is 99.5 cm³/mol. The van der Waals surface area contributed by atoms with Crippen molar-refractivity contribution >= 4 is 11.0 Å². The molecule has 136 valence electrons. The number of fused-ring (bicyclic) bond motifs is 1. The third kappa shape index (κ3) is 3.08. The van der Waals surface area contributed by atoms with E-state index in [-0.39, 0.29) is 11.1 Å². The van der Waals surface area contributed by atoms with E-state index in [1.54, 1.807) is 36.9 Å². The Bertz CT molecular complexity index is 1150. The highest BCUT2D eigenvalue weighted by Crippen LogP contribution is 2.29. The molecule has 0 bridgehead atoms. The number of rotatable bonds is 3. The van der Waals surface area contributed by atoms with Gasteiger partial charge >= 0.3 is 0 Å². The van der Waals surface area contributed by atoms with E-state index in [2.05, 4.69) is 9.97 Å². The van der Waals surface area contributed by atoms with Crippen LogP contribution in [-0.4, -0.2) is 19.6 Å². The first-order valence-corrected chi connectivity index (χ1v) is 8.44. The largest absolute Gasteiger partial charge is 0.386 e. The number of aromatic nitrogens is 3. The fraction of sp³-hybridized carbons (Fsp3) is 0.143. The third-order valence-electron chi connectivity index (χ3n) is 4.54. The summed E-state index contributed by atoms with van der Waals surface area (Å²) in [5, 5.41) is 10.2. The minimum absolute atomic E-state index is 0.151. The molecule has 0 radical (unpaired) electrons. The number of imidazole rings is 1. The van der Waals surface area contributed by atoms with Crippen molar-refractivity contribution in [3.8, 4) is 16.8 Å². The zero-order valence-corrected chi connectivity index (χ0v) is 14.8. The molecule has 0 atom stereocenters. The molecule has 0 amide bonds. The van der Waals surface area contributed by atoms with Crippen LogP contribution >= 0.6 is 0 Å². The molecule has 1 N–H and O–H groups in total. The van der Waals surface area contributed by atoms with Gasteiger partial charge in [0.25, 0.3) is 0 Å². The number of halogens is 2. The van der Waals surface area contributed by atoms with Gasteiger partial charge in [0.15, 0.2) is 0 Å². The Balaban J connectivity index is 1.85. The number of hydrogen-bond donors (Lipinski definition) is 1. The number of pyridine rings is 1. The second kappa shape index (κ2) is 6.25. The monoisotopic (exact) mass is 365 g/mol. The second-order valence-corrected chi connectivity index (χ2v) is 6.90. The van der Waals surface area contributed by atoms with Crippen LogP contribution in [0.15, 0.2) is 61.2 Å². The van der Waals surface area contributed by atoms with Crippen molar-refractivity contribution in [1.29, 1.82) is 0 Å². The van der Waals surface area contributed by atoms with Gasteiger partial charge in [0.2, 0.25) is 0 Å². The maximum atomic E-state index is 14.3. The SMILES string of the molecule is CC(C)(O)c1ccc2c(c1)ncn2-c1ccc(F)c(-c2ccncc2F)c1.